The average molecular weight is 302 g/mol. The molecule has 0 fully saturated rings. The van der Waals surface area contributed by atoms with E-state index in [0.29, 0.717) is 16.6 Å². The number of thiazole rings is 1. The fraction of sp³-hybridized carbons (Fsp3) is 0.200. The molecule has 0 amide bonds. The quantitative estimate of drug-likeness (QED) is 0.791. The topological polar surface area (TPSA) is 63.8 Å². The maximum atomic E-state index is 11.4. The maximum Gasteiger partial charge on any atom is 0.358 e. The normalized spacial score (nSPS) is 11.2. The van der Waals surface area contributed by atoms with Crippen molar-refractivity contribution in [3.05, 3.63) is 47.1 Å². The van der Waals surface area contributed by atoms with Gasteiger partial charge in [-0.3, -0.25) is 4.40 Å². The molecule has 1 aromatic carbocycles. The monoisotopic (exact) mass is 302 g/mol. The first-order valence-corrected chi connectivity index (χ1v) is 7.41. The lowest BCUT2D eigenvalue weighted by Crippen LogP contribution is -2.02. The molecule has 2 heterocycles. The predicted molar refractivity (Wildman–Crippen MR) is 80.6 cm³/mol. The standard InChI is InChI=1S/C15H14N2O3S/c1-9(2)10-4-3-5-11(8-10)20-13-12(14(18)19)17-6-7-21-15(17)16-13/h3-9H,1-2H3,(H,18,19). The van der Waals surface area contributed by atoms with E-state index in [4.69, 9.17) is 4.74 Å². The van der Waals surface area contributed by atoms with Crippen LogP contribution in [0.5, 0.6) is 11.6 Å². The maximum absolute atomic E-state index is 11.4. The molecule has 0 saturated carbocycles. The van der Waals surface area contributed by atoms with Gasteiger partial charge in [0.1, 0.15) is 5.75 Å². The molecule has 0 aliphatic heterocycles. The Morgan fingerprint density at radius 1 is 1.43 bits per heavy atom. The molecule has 2 aromatic heterocycles. The average Bonchev–Trinajstić information content (AvgIpc) is 2.98. The molecule has 0 unspecified atom stereocenters. The van der Waals surface area contributed by atoms with E-state index in [2.05, 4.69) is 18.8 Å². The van der Waals surface area contributed by atoms with Gasteiger partial charge in [0.2, 0.25) is 0 Å². The molecule has 3 rings (SSSR count). The second-order valence-electron chi connectivity index (χ2n) is 4.96. The van der Waals surface area contributed by atoms with E-state index in [-0.39, 0.29) is 11.6 Å². The lowest BCUT2D eigenvalue weighted by molar-refractivity contribution is 0.0686. The molecule has 108 valence electrons. The molecule has 0 saturated heterocycles. The molecule has 0 radical (unpaired) electrons. The first kappa shape index (κ1) is 13.6. The Labute approximate surface area is 125 Å². The fourth-order valence-corrected chi connectivity index (χ4v) is 2.79. The summed E-state index contributed by atoms with van der Waals surface area (Å²) < 4.78 is 7.22. The highest BCUT2D eigenvalue weighted by Gasteiger charge is 2.21. The van der Waals surface area contributed by atoms with Crippen LogP contribution in [0.25, 0.3) is 4.96 Å². The SMILES string of the molecule is CC(C)c1cccc(Oc2nc3sccn3c2C(=O)O)c1. The van der Waals surface area contributed by atoms with Gasteiger partial charge < -0.3 is 9.84 Å². The number of aromatic carboxylic acids is 1. The summed E-state index contributed by atoms with van der Waals surface area (Å²) >= 11 is 1.37. The summed E-state index contributed by atoms with van der Waals surface area (Å²) in [5, 5.41) is 11.1. The Bertz CT molecular complexity index is 804. The molecule has 0 bridgehead atoms. The summed E-state index contributed by atoms with van der Waals surface area (Å²) in [7, 11) is 0. The highest BCUT2D eigenvalue weighted by molar-refractivity contribution is 7.15. The molecule has 0 aliphatic carbocycles. The van der Waals surface area contributed by atoms with E-state index >= 15 is 0 Å². The first-order chi connectivity index (χ1) is 10.1. The van der Waals surface area contributed by atoms with E-state index in [1.165, 1.54) is 15.7 Å². The van der Waals surface area contributed by atoms with Crippen molar-refractivity contribution in [3.8, 4) is 11.6 Å². The second kappa shape index (κ2) is 5.21. The molecule has 0 aliphatic rings. The van der Waals surface area contributed by atoms with Gasteiger partial charge in [-0.1, -0.05) is 26.0 Å². The molecular weight excluding hydrogens is 288 g/mol. The second-order valence-corrected chi connectivity index (χ2v) is 5.83. The molecule has 3 aromatic rings. The van der Waals surface area contributed by atoms with Crippen molar-refractivity contribution >= 4 is 22.3 Å². The lowest BCUT2D eigenvalue weighted by atomic mass is 10.0. The third kappa shape index (κ3) is 2.50. The molecule has 0 spiro atoms. The fourth-order valence-electron chi connectivity index (χ4n) is 2.08. The number of carboxylic acid groups (broad SMARTS) is 1. The number of carboxylic acids is 1. The number of aromatic nitrogens is 2. The number of ether oxygens (including phenoxy) is 1. The number of imidazole rings is 1. The summed E-state index contributed by atoms with van der Waals surface area (Å²) in [5.41, 5.74) is 1.17. The molecule has 5 nitrogen and oxygen atoms in total. The number of hydrogen-bond donors (Lipinski definition) is 1. The Kier molecular flexibility index (Phi) is 3.39. The molecule has 0 atom stereocenters. The molecule has 21 heavy (non-hydrogen) atoms. The minimum Gasteiger partial charge on any atom is -0.476 e. The van der Waals surface area contributed by atoms with Crippen molar-refractivity contribution in [2.75, 3.05) is 0 Å². The number of benzene rings is 1. The smallest absolute Gasteiger partial charge is 0.358 e. The zero-order chi connectivity index (χ0) is 15.0. The minimum atomic E-state index is -1.06. The molecule has 6 heteroatoms. The van der Waals surface area contributed by atoms with E-state index in [9.17, 15) is 9.90 Å². The van der Waals surface area contributed by atoms with E-state index in [1.54, 1.807) is 17.6 Å². The largest absolute Gasteiger partial charge is 0.476 e. The highest BCUT2D eigenvalue weighted by atomic mass is 32.1. The van der Waals surface area contributed by atoms with Gasteiger partial charge in [0, 0.05) is 11.6 Å². The van der Waals surface area contributed by atoms with Gasteiger partial charge in [0.15, 0.2) is 10.7 Å². The van der Waals surface area contributed by atoms with Crippen LogP contribution in [-0.2, 0) is 0 Å². The number of rotatable bonds is 4. The van der Waals surface area contributed by atoms with Crippen molar-refractivity contribution in [2.24, 2.45) is 0 Å². The predicted octanol–water partition coefficient (Wildman–Crippen LogP) is 4.01. The summed E-state index contributed by atoms with van der Waals surface area (Å²) in [6, 6.07) is 7.61. The lowest BCUT2D eigenvalue weighted by Gasteiger charge is -2.08. The zero-order valence-corrected chi connectivity index (χ0v) is 12.4. The Morgan fingerprint density at radius 2 is 2.24 bits per heavy atom. The van der Waals surface area contributed by atoms with Gasteiger partial charge in [-0.05, 0) is 23.6 Å². The molecular formula is C15H14N2O3S. The van der Waals surface area contributed by atoms with Crippen LogP contribution in [0.2, 0.25) is 0 Å². The third-order valence-electron chi connectivity index (χ3n) is 3.17. The summed E-state index contributed by atoms with van der Waals surface area (Å²) in [4.78, 5) is 16.3. The molecule has 1 N–H and O–H groups in total. The van der Waals surface area contributed by atoms with Crippen molar-refractivity contribution in [2.45, 2.75) is 19.8 Å². The van der Waals surface area contributed by atoms with Gasteiger partial charge in [0.05, 0.1) is 0 Å². The van der Waals surface area contributed by atoms with Gasteiger partial charge >= 0.3 is 5.97 Å². The van der Waals surface area contributed by atoms with Gasteiger partial charge in [0.25, 0.3) is 5.88 Å². The van der Waals surface area contributed by atoms with E-state index in [1.807, 2.05) is 18.2 Å². The van der Waals surface area contributed by atoms with Crippen LogP contribution in [0.4, 0.5) is 0 Å². The van der Waals surface area contributed by atoms with Crippen LogP contribution in [0.3, 0.4) is 0 Å². The number of carbonyl (C=O) groups is 1. The number of fused-ring (bicyclic) bond motifs is 1. The van der Waals surface area contributed by atoms with Crippen LogP contribution in [-0.4, -0.2) is 20.5 Å². The van der Waals surface area contributed by atoms with Crippen LogP contribution in [0, 0.1) is 0 Å². The first-order valence-electron chi connectivity index (χ1n) is 6.53. The number of hydrogen-bond acceptors (Lipinski definition) is 4. The summed E-state index contributed by atoms with van der Waals surface area (Å²) in [6.07, 6.45) is 1.67. The van der Waals surface area contributed by atoms with Crippen LogP contribution in [0.1, 0.15) is 35.8 Å². The Balaban J connectivity index is 2.01. The van der Waals surface area contributed by atoms with Gasteiger partial charge in [-0.25, -0.2) is 4.79 Å². The van der Waals surface area contributed by atoms with Crippen molar-refractivity contribution < 1.29 is 14.6 Å². The van der Waals surface area contributed by atoms with Crippen LogP contribution >= 0.6 is 11.3 Å². The van der Waals surface area contributed by atoms with E-state index in [0.717, 1.165) is 5.56 Å². The van der Waals surface area contributed by atoms with Crippen molar-refractivity contribution in [1.29, 1.82) is 0 Å². The van der Waals surface area contributed by atoms with Crippen molar-refractivity contribution in [3.63, 3.8) is 0 Å². The van der Waals surface area contributed by atoms with Crippen LogP contribution in [0.15, 0.2) is 35.8 Å². The highest BCUT2D eigenvalue weighted by Crippen LogP contribution is 2.29. The third-order valence-corrected chi connectivity index (χ3v) is 3.93. The minimum absolute atomic E-state index is 0.0428. The summed E-state index contributed by atoms with van der Waals surface area (Å²) in [6.45, 7) is 4.18. The van der Waals surface area contributed by atoms with Gasteiger partial charge in [-0.2, -0.15) is 4.98 Å². The zero-order valence-electron chi connectivity index (χ0n) is 11.6. The van der Waals surface area contributed by atoms with Gasteiger partial charge in [-0.15, -0.1) is 11.3 Å². The Morgan fingerprint density at radius 3 is 2.95 bits per heavy atom. The summed E-state index contributed by atoms with van der Waals surface area (Å²) in [5.74, 6) is 0.0265. The van der Waals surface area contributed by atoms with Crippen molar-refractivity contribution in [1.82, 2.24) is 9.38 Å². The Hall–Kier alpha value is -2.34. The number of nitrogens with zero attached hydrogens (tertiary/aromatic N) is 2. The van der Waals surface area contributed by atoms with E-state index < -0.39 is 5.97 Å². The van der Waals surface area contributed by atoms with Crippen LogP contribution < -0.4 is 4.74 Å².